The van der Waals surface area contributed by atoms with Gasteiger partial charge in [0.25, 0.3) is 11.8 Å². The monoisotopic (exact) mass is 433 g/mol. The molecule has 2 amide bonds. The van der Waals surface area contributed by atoms with Crippen molar-refractivity contribution in [1.82, 2.24) is 15.2 Å². The number of hydrogen-bond donors (Lipinski definition) is 3. The molecule has 9 heteroatoms. The summed E-state index contributed by atoms with van der Waals surface area (Å²) in [6.45, 7) is 4.82. The van der Waals surface area contributed by atoms with E-state index in [0.717, 1.165) is 25.1 Å². The van der Waals surface area contributed by atoms with E-state index in [1.165, 1.54) is 6.07 Å². The Morgan fingerprint density at radius 1 is 1.19 bits per heavy atom. The lowest BCUT2D eigenvalue weighted by Crippen LogP contribution is -2.37. The molecule has 7 nitrogen and oxygen atoms in total. The quantitative estimate of drug-likeness (QED) is 0.690. The van der Waals surface area contributed by atoms with Crippen molar-refractivity contribution in [3.05, 3.63) is 63.1 Å². The fourth-order valence-electron chi connectivity index (χ4n) is 3.69. The highest BCUT2D eigenvalue weighted by molar-refractivity contribution is 5.98. The summed E-state index contributed by atoms with van der Waals surface area (Å²) in [7, 11) is 0. The molecule has 1 saturated heterocycles. The lowest BCUT2D eigenvalue weighted by Gasteiger charge is -2.24. The molecule has 1 aliphatic rings. The molecule has 31 heavy (non-hydrogen) atoms. The number of carbonyl (C=O) groups is 2. The first kappa shape index (κ1) is 22.5. The van der Waals surface area contributed by atoms with Gasteiger partial charge in [0.15, 0.2) is 11.4 Å². The number of carbonyl (C=O) groups excluding carboxylic acids is 2. The molecule has 0 radical (unpaired) electrons. The third-order valence-electron chi connectivity index (χ3n) is 5.47. The van der Waals surface area contributed by atoms with E-state index in [0.29, 0.717) is 31.0 Å². The molecule has 3 rings (SSSR count). The SMILES string of the molecule is CC1CCC(C)CN(C(=O)c2[nH]cc(C(=O)NCc3ccc(F)cc3F)c(=O)c2O)C1. The highest BCUT2D eigenvalue weighted by atomic mass is 19.1. The van der Waals surface area contributed by atoms with Crippen LogP contribution < -0.4 is 10.7 Å². The van der Waals surface area contributed by atoms with Crippen LogP contribution in [0.4, 0.5) is 8.78 Å². The Kier molecular flexibility index (Phi) is 6.72. The van der Waals surface area contributed by atoms with Gasteiger partial charge in [0.1, 0.15) is 17.2 Å². The van der Waals surface area contributed by atoms with Crippen molar-refractivity contribution in [2.75, 3.05) is 13.1 Å². The molecule has 1 fully saturated rings. The lowest BCUT2D eigenvalue weighted by atomic mass is 10.0. The van der Waals surface area contributed by atoms with Crippen LogP contribution in [0.2, 0.25) is 0 Å². The van der Waals surface area contributed by atoms with Gasteiger partial charge < -0.3 is 20.3 Å². The van der Waals surface area contributed by atoms with Gasteiger partial charge in [-0.25, -0.2) is 8.78 Å². The first-order chi connectivity index (χ1) is 14.7. The summed E-state index contributed by atoms with van der Waals surface area (Å²) in [6.07, 6.45) is 3.03. The van der Waals surface area contributed by atoms with Crippen molar-refractivity contribution in [1.29, 1.82) is 0 Å². The Hall–Kier alpha value is -3.23. The van der Waals surface area contributed by atoms with Gasteiger partial charge in [-0.15, -0.1) is 0 Å². The van der Waals surface area contributed by atoms with Crippen LogP contribution in [0.1, 0.15) is 53.1 Å². The third kappa shape index (κ3) is 5.10. The van der Waals surface area contributed by atoms with E-state index in [1.807, 2.05) is 13.8 Å². The molecule has 0 spiro atoms. The van der Waals surface area contributed by atoms with Gasteiger partial charge in [-0.05, 0) is 30.7 Å². The smallest absolute Gasteiger partial charge is 0.274 e. The molecule has 2 unspecified atom stereocenters. The Labute approximate surface area is 178 Å². The van der Waals surface area contributed by atoms with Crippen LogP contribution in [0.3, 0.4) is 0 Å². The number of H-pyrrole nitrogens is 1. The number of aromatic amines is 1. The van der Waals surface area contributed by atoms with Gasteiger partial charge in [-0.1, -0.05) is 19.9 Å². The summed E-state index contributed by atoms with van der Waals surface area (Å²) >= 11 is 0. The van der Waals surface area contributed by atoms with E-state index in [1.54, 1.807) is 4.90 Å². The first-order valence-electron chi connectivity index (χ1n) is 10.1. The fraction of sp³-hybridized carbons (Fsp3) is 0.409. The fourth-order valence-corrected chi connectivity index (χ4v) is 3.69. The van der Waals surface area contributed by atoms with Gasteiger partial charge in [-0.2, -0.15) is 0 Å². The van der Waals surface area contributed by atoms with Crippen molar-refractivity contribution in [2.45, 2.75) is 33.2 Å². The van der Waals surface area contributed by atoms with E-state index in [4.69, 9.17) is 0 Å². The zero-order valence-corrected chi connectivity index (χ0v) is 17.4. The average Bonchev–Trinajstić information content (AvgIpc) is 2.89. The second-order valence-corrected chi connectivity index (χ2v) is 8.17. The van der Waals surface area contributed by atoms with E-state index in [2.05, 4.69) is 10.3 Å². The molecule has 1 aromatic heterocycles. The molecular formula is C22H25F2N3O4. The van der Waals surface area contributed by atoms with Crippen molar-refractivity contribution in [3.63, 3.8) is 0 Å². The van der Waals surface area contributed by atoms with E-state index < -0.39 is 40.2 Å². The van der Waals surface area contributed by atoms with Crippen LogP contribution in [0, 0.1) is 23.5 Å². The summed E-state index contributed by atoms with van der Waals surface area (Å²) in [5.41, 5.74) is -1.66. The van der Waals surface area contributed by atoms with E-state index in [9.17, 15) is 28.3 Å². The number of likely N-dealkylation sites (tertiary alicyclic amines) is 1. The number of aromatic hydroxyl groups is 1. The van der Waals surface area contributed by atoms with Crippen molar-refractivity contribution in [2.24, 2.45) is 11.8 Å². The second-order valence-electron chi connectivity index (χ2n) is 8.17. The molecule has 2 heterocycles. The van der Waals surface area contributed by atoms with E-state index >= 15 is 0 Å². The van der Waals surface area contributed by atoms with Gasteiger partial charge in [-0.3, -0.25) is 14.4 Å². The van der Waals surface area contributed by atoms with Gasteiger partial charge in [0, 0.05) is 37.5 Å². The average molecular weight is 433 g/mol. The summed E-state index contributed by atoms with van der Waals surface area (Å²) in [5.74, 6) is -3.21. The number of hydrogen-bond acceptors (Lipinski definition) is 4. The molecule has 3 N–H and O–H groups in total. The van der Waals surface area contributed by atoms with Crippen LogP contribution in [0.15, 0.2) is 29.2 Å². The maximum absolute atomic E-state index is 13.7. The van der Waals surface area contributed by atoms with Crippen LogP contribution >= 0.6 is 0 Å². The molecule has 0 saturated carbocycles. The minimum atomic E-state index is -1.00. The number of amides is 2. The Balaban J connectivity index is 1.77. The Bertz CT molecular complexity index is 1040. The number of nitrogens with zero attached hydrogens (tertiary/aromatic N) is 1. The Morgan fingerprint density at radius 2 is 1.84 bits per heavy atom. The molecule has 166 valence electrons. The van der Waals surface area contributed by atoms with Crippen LogP contribution in [0.5, 0.6) is 5.75 Å². The molecule has 1 aromatic carbocycles. The molecule has 2 atom stereocenters. The Morgan fingerprint density at radius 3 is 2.45 bits per heavy atom. The van der Waals surface area contributed by atoms with Crippen LogP contribution in [-0.4, -0.2) is 39.9 Å². The van der Waals surface area contributed by atoms with Crippen LogP contribution in [-0.2, 0) is 6.54 Å². The standard InChI is InChI=1S/C22H25F2N3O4/c1-12-3-4-13(2)11-27(10-12)22(31)18-20(29)19(28)16(9-25-18)21(30)26-8-14-5-6-15(23)7-17(14)24/h5-7,9,12-13,29H,3-4,8,10-11H2,1-2H3,(H,25,28)(H,26,30). The minimum Gasteiger partial charge on any atom is -0.503 e. The van der Waals surface area contributed by atoms with E-state index in [-0.39, 0.29) is 17.8 Å². The van der Waals surface area contributed by atoms with Gasteiger partial charge in [0.2, 0.25) is 5.43 Å². The summed E-state index contributed by atoms with van der Waals surface area (Å²) in [6, 6.07) is 2.91. The van der Waals surface area contributed by atoms with Gasteiger partial charge in [0.05, 0.1) is 0 Å². The first-order valence-corrected chi connectivity index (χ1v) is 10.1. The van der Waals surface area contributed by atoms with Crippen LogP contribution in [0.25, 0.3) is 0 Å². The predicted octanol–water partition coefficient (Wildman–Crippen LogP) is 2.80. The normalized spacial score (nSPS) is 19.0. The number of nitrogens with one attached hydrogen (secondary N) is 2. The second kappa shape index (κ2) is 9.28. The maximum atomic E-state index is 13.7. The zero-order chi connectivity index (χ0) is 22.7. The number of pyridine rings is 1. The number of benzene rings is 1. The summed E-state index contributed by atoms with van der Waals surface area (Å²) in [4.78, 5) is 41.9. The molecule has 0 bridgehead atoms. The van der Waals surface area contributed by atoms with Crippen molar-refractivity contribution < 1.29 is 23.5 Å². The molecule has 1 aliphatic heterocycles. The number of aromatic nitrogens is 1. The number of halogens is 2. The highest BCUT2D eigenvalue weighted by Gasteiger charge is 2.28. The lowest BCUT2D eigenvalue weighted by molar-refractivity contribution is 0.0718. The third-order valence-corrected chi connectivity index (χ3v) is 5.47. The van der Waals surface area contributed by atoms with Crippen molar-refractivity contribution >= 4 is 11.8 Å². The maximum Gasteiger partial charge on any atom is 0.274 e. The molecular weight excluding hydrogens is 408 g/mol. The summed E-state index contributed by atoms with van der Waals surface area (Å²) in [5, 5.41) is 12.7. The number of rotatable bonds is 4. The summed E-state index contributed by atoms with van der Waals surface area (Å²) < 4.78 is 26.7. The molecule has 2 aromatic rings. The van der Waals surface area contributed by atoms with Gasteiger partial charge >= 0.3 is 0 Å². The predicted molar refractivity (Wildman–Crippen MR) is 110 cm³/mol. The minimum absolute atomic E-state index is 0.0339. The highest BCUT2D eigenvalue weighted by Crippen LogP contribution is 2.23. The topological polar surface area (TPSA) is 103 Å². The van der Waals surface area contributed by atoms with Crippen molar-refractivity contribution in [3.8, 4) is 5.75 Å². The largest absolute Gasteiger partial charge is 0.503 e. The zero-order valence-electron chi connectivity index (χ0n) is 17.4. The molecule has 0 aliphatic carbocycles.